The number of anilines is 2. The van der Waals surface area contributed by atoms with Gasteiger partial charge in [0.25, 0.3) is 0 Å². The van der Waals surface area contributed by atoms with Crippen molar-refractivity contribution in [2.24, 2.45) is 0 Å². The molecule has 4 heteroatoms. The topological polar surface area (TPSA) is 56.5 Å². The van der Waals surface area contributed by atoms with E-state index in [1.807, 2.05) is 6.07 Å². The van der Waals surface area contributed by atoms with E-state index < -0.39 is 0 Å². The zero-order chi connectivity index (χ0) is 13.5. The molecular formula is C14H24N2O2. The van der Waals surface area contributed by atoms with Crippen LogP contribution in [0.25, 0.3) is 0 Å². The quantitative estimate of drug-likeness (QED) is 0.731. The minimum absolute atomic E-state index is 0.394. The van der Waals surface area contributed by atoms with Crippen molar-refractivity contribution in [1.82, 2.24) is 0 Å². The minimum Gasteiger partial charge on any atom is -0.493 e. The van der Waals surface area contributed by atoms with E-state index in [4.69, 9.17) is 15.2 Å². The summed E-state index contributed by atoms with van der Waals surface area (Å²) in [4.78, 5) is 0. The van der Waals surface area contributed by atoms with E-state index >= 15 is 0 Å². The molecule has 0 spiro atoms. The summed E-state index contributed by atoms with van der Waals surface area (Å²) < 4.78 is 10.5. The fraction of sp³-hybridized carbons (Fsp3) is 0.571. The molecule has 0 heterocycles. The van der Waals surface area contributed by atoms with Crippen molar-refractivity contribution >= 4 is 11.4 Å². The first kappa shape index (κ1) is 14.5. The molecule has 0 aliphatic heterocycles. The van der Waals surface area contributed by atoms with Crippen molar-refractivity contribution in [3.05, 3.63) is 12.1 Å². The lowest BCUT2D eigenvalue weighted by Gasteiger charge is -2.18. The number of unbranched alkanes of at least 4 members (excludes halogenated alkanes) is 1. The number of nitrogen functional groups attached to an aromatic ring is 1. The summed E-state index contributed by atoms with van der Waals surface area (Å²) in [5.74, 6) is 1.35. The summed E-state index contributed by atoms with van der Waals surface area (Å²) in [6, 6.07) is 4.06. The van der Waals surface area contributed by atoms with Crippen molar-refractivity contribution in [3.63, 3.8) is 0 Å². The van der Waals surface area contributed by atoms with E-state index in [1.54, 1.807) is 20.3 Å². The van der Waals surface area contributed by atoms with Gasteiger partial charge in [-0.3, -0.25) is 0 Å². The average molecular weight is 252 g/mol. The van der Waals surface area contributed by atoms with E-state index in [9.17, 15) is 0 Å². The van der Waals surface area contributed by atoms with Gasteiger partial charge in [0.15, 0.2) is 11.5 Å². The first-order valence-electron chi connectivity index (χ1n) is 6.40. The maximum atomic E-state index is 6.00. The molecule has 1 aromatic rings. The molecule has 1 rings (SSSR count). The van der Waals surface area contributed by atoms with Crippen molar-refractivity contribution in [2.45, 2.75) is 39.2 Å². The molecule has 0 amide bonds. The smallest absolute Gasteiger partial charge is 0.162 e. The van der Waals surface area contributed by atoms with Gasteiger partial charge < -0.3 is 20.5 Å². The van der Waals surface area contributed by atoms with E-state index in [1.165, 1.54) is 12.8 Å². The van der Waals surface area contributed by atoms with Crippen LogP contribution in [0.1, 0.15) is 33.1 Å². The lowest BCUT2D eigenvalue weighted by molar-refractivity contribution is 0.355. The fourth-order valence-electron chi connectivity index (χ4n) is 1.87. The third kappa shape index (κ3) is 3.72. The van der Waals surface area contributed by atoms with E-state index in [0.29, 0.717) is 23.2 Å². The number of nitrogens with one attached hydrogen (secondary N) is 1. The highest BCUT2D eigenvalue weighted by atomic mass is 16.5. The third-order valence-corrected chi connectivity index (χ3v) is 2.95. The Morgan fingerprint density at radius 3 is 2.39 bits per heavy atom. The second kappa shape index (κ2) is 6.99. The Labute approximate surface area is 109 Å². The zero-order valence-corrected chi connectivity index (χ0v) is 11.7. The largest absolute Gasteiger partial charge is 0.493 e. The Balaban J connectivity index is 2.82. The molecule has 0 aliphatic rings. The summed E-state index contributed by atoms with van der Waals surface area (Å²) in [5.41, 5.74) is 7.58. The minimum atomic E-state index is 0.394. The summed E-state index contributed by atoms with van der Waals surface area (Å²) in [6.07, 6.45) is 3.54. The molecule has 0 bridgehead atoms. The first-order valence-corrected chi connectivity index (χ1v) is 6.40. The number of benzene rings is 1. The summed E-state index contributed by atoms with van der Waals surface area (Å²) in [7, 11) is 3.23. The Bertz CT molecular complexity index is 380. The Morgan fingerprint density at radius 2 is 1.83 bits per heavy atom. The predicted molar refractivity (Wildman–Crippen MR) is 76.6 cm³/mol. The molecule has 0 aromatic heterocycles. The SMILES string of the molecule is CCCCC(C)Nc1cc(OC)c(OC)cc1N. The van der Waals surface area contributed by atoms with Crippen molar-refractivity contribution in [3.8, 4) is 11.5 Å². The van der Waals surface area contributed by atoms with Gasteiger partial charge in [0.1, 0.15) is 0 Å². The molecule has 1 atom stereocenters. The summed E-state index contributed by atoms with van der Waals surface area (Å²) >= 11 is 0. The molecule has 0 aliphatic carbocycles. The van der Waals surface area contributed by atoms with Gasteiger partial charge in [0.05, 0.1) is 25.6 Å². The van der Waals surface area contributed by atoms with Crippen LogP contribution in [0.3, 0.4) is 0 Å². The molecule has 0 radical (unpaired) electrons. The van der Waals surface area contributed by atoms with Gasteiger partial charge in [0, 0.05) is 18.2 Å². The van der Waals surface area contributed by atoms with Gasteiger partial charge in [-0.1, -0.05) is 19.8 Å². The Hall–Kier alpha value is -1.58. The highest BCUT2D eigenvalue weighted by Gasteiger charge is 2.10. The van der Waals surface area contributed by atoms with Gasteiger partial charge in [0.2, 0.25) is 0 Å². The van der Waals surface area contributed by atoms with Crippen molar-refractivity contribution < 1.29 is 9.47 Å². The van der Waals surface area contributed by atoms with Crippen LogP contribution in [0.2, 0.25) is 0 Å². The van der Waals surface area contributed by atoms with Crippen LogP contribution in [0.15, 0.2) is 12.1 Å². The monoisotopic (exact) mass is 252 g/mol. The van der Waals surface area contributed by atoms with Crippen LogP contribution < -0.4 is 20.5 Å². The number of hydrogen-bond donors (Lipinski definition) is 2. The molecule has 1 aromatic carbocycles. The fourth-order valence-corrected chi connectivity index (χ4v) is 1.87. The van der Waals surface area contributed by atoms with Gasteiger partial charge >= 0.3 is 0 Å². The molecule has 0 fully saturated rings. The molecule has 3 N–H and O–H groups in total. The highest BCUT2D eigenvalue weighted by Crippen LogP contribution is 2.35. The molecule has 18 heavy (non-hydrogen) atoms. The van der Waals surface area contributed by atoms with Crippen molar-refractivity contribution in [1.29, 1.82) is 0 Å². The van der Waals surface area contributed by atoms with E-state index in [-0.39, 0.29) is 0 Å². The van der Waals surface area contributed by atoms with Crippen LogP contribution in [0, 0.1) is 0 Å². The van der Waals surface area contributed by atoms with Crippen LogP contribution >= 0.6 is 0 Å². The summed E-state index contributed by atoms with van der Waals surface area (Å²) in [5, 5.41) is 3.41. The maximum Gasteiger partial charge on any atom is 0.162 e. The molecular weight excluding hydrogens is 228 g/mol. The second-order valence-corrected chi connectivity index (χ2v) is 4.48. The molecule has 0 saturated heterocycles. The van der Waals surface area contributed by atoms with E-state index in [2.05, 4.69) is 19.2 Å². The normalized spacial score (nSPS) is 12.0. The third-order valence-electron chi connectivity index (χ3n) is 2.95. The predicted octanol–water partition coefficient (Wildman–Crippen LogP) is 3.28. The van der Waals surface area contributed by atoms with Gasteiger partial charge in [-0.25, -0.2) is 0 Å². The number of rotatable bonds is 7. The second-order valence-electron chi connectivity index (χ2n) is 4.48. The maximum absolute atomic E-state index is 6.00. The Kier molecular flexibility index (Phi) is 5.62. The number of hydrogen-bond acceptors (Lipinski definition) is 4. The zero-order valence-electron chi connectivity index (χ0n) is 11.7. The lowest BCUT2D eigenvalue weighted by Crippen LogP contribution is -2.16. The molecule has 102 valence electrons. The van der Waals surface area contributed by atoms with Gasteiger partial charge in [-0.15, -0.1) is 0 Å². The van der Waals surface area contributed by atoms with Crippen LogP contribution in [-0.2, 0) is 0 Å². The molecule has 0 saturated carbocycles. The number of nitrogens with two attached hydrogens (primary N) is 1. The number of methoxy groups -OCH3 is 2. The molecule has 1 unspecified atom stereocenters. The molecule has 4 nitrogen and oxygen atoms in total. The number of ether oxygens (including phenoxy) is 2. The van der Waals surface area contributed by atoms with E-state index in [0.717, 1.165) is 12.1 Å². The lowest BCUT2D eigenvalue weighted by atomic mass is 10.1. The average Bonchev–Trinajstić information content (AvgIpc) is 2.38. The van der Waals surface area contributed by atoms with Crippen LogP contribution in [0.5, 0.6) is 11.5 Å². The Morgan fingerprint density at radius 1 is 1.22 bits per heavy atom. The first-order chi connectivity index (χ1) is 8.62. The standard InChI is InChI=1S/C14H24N2O2/c1-5-6-7-10(2)16-12-9-14(18-4)13(17-3)8-11(12)15/h8-10,16H,5-7,15H2,1-4H3. The van der Waals surface area contributed by atoms with Crippen molar-refractivity contribution in [2.75, 3.05) is 25.3 Å². The van der Waals surface area contributed by atoms with Gasteiger partial charge in [-0.2, -0.15) is 0 Å². The summed E-state index contributed by atoms with van der Waals surface area (Å²) in [6.45, 7) is 4.35. The van der Waals surface area contributed by atoms with Crippen LogP contribution in [-0.4, -0.2) is 20.3 Å². The van der Waals surface area contributed by atoms with Gasteiger partial charge in [-0.05, 0) is 13.3 Å². The van der Waals surface area contributed by atoms with Crippen LogP contribution in [0.4, 0.5) is 11.4 Å². The highest BCUT2D eigenvalue weighted by molar-refractivity contribution is 5.72.